The zero-order valence-corrected chi connectivity index (χ0v) is 16.3. The number of nitrogens with zero attached hydrogens (tertiary/aromatic N) is 4. The lowest BCUT2D eigenvalue weighted by Gasteiger charge is -2.47. The Bertz CT molecular complexity index is 917. The minimum absolute atomic E-state index is 0.300. The molecule has 0 spiro atoms. The Morgan fingerprint density at radius 1 is 1.04 bits per heavy atom. The van der Waals surface area contributed by atoms with Crippen LogP contribution in [0.2, 0.25) is 0 Å². The van der Waals surface area contributed by atoms with Crippen molar-refractivity contribution in [1.29, 1.82) is 0 Å². The van der Waals surface area contributed by atoms with E-state index >= 15 is 0 Å². The molecule has 2 fully saturated rings. The molecule has 0 atom stereocenters. The van der Waals surface area contributed by atoms with Crippen LogP contribution in [0.15, 0.2) is 59.5 Å². The van der Waals surface area contributed by atoms with Crippen molar-refractivity contribution in [3.05, 3.63) is 59.5 Å². The zero-order valence-electron chi connectivity index (χ0n) is 14.8. The molecular formula is C20H20BrN5O. The van der Waals surface area contributed by atoms with Gasteiger partial charge in [-0.15, -0.1) is 0 Å². The summed E-state index contributed by atoms with van der Waals surface area (Å²) in [6, 6.07) is 12.7. The van der Waals surface area contributed by atoms with E-state index in [-0.39, 0.29) is 0 Å². The molecule has 27 heavy (non-hydrogen) atoms. The molecular weight excluding hydrogens is 406 g/mol. The molecule has 5 rings (SSSR count). The average molecular weight is 426 g/mol. The molecule has 2 aliphatic heterocycles. The van der Waals surface area contributed by atoms with E-state index in [4.69, 9.17) is 9.84 Å². The van der Waals surface area contributed by atoms with Gasteiger partial charge >= 0.3 is 0 Å². The zero-order chi connectivity index (χ0) is 18.2. The van der Waals surface area contributed by atoms with E-state index < -0.39 is 0 Å². The molecule has 138 valence electrons. The minimum atomic E-state index is 0.300. The SMILES string of the molecule is Brc1cn(-c2ccc(OC3CN(C4CNC4)C3)cc2)nc1-c1ccncc1. The molecule has 0 radical (unpaired) electrons. The van der Waals surface area contributed by atoms with Gasteiger partial charge in [0.25, 0.3) is 0 Å². The second-order valence-electron chi connectivity index (χ2n) is 7.01. The highest BCUT2D eigenvalue weighted by molar-refractivity contribution is 9.10. The van der Waals surface area contributed by atoms with E-state index in [1.807, 2.05) is 47.3 Å². The highest BCUT2D eigenvalue weighted by atomic mass is 79.9. The summed E-state index contributed by atoms with van der Waals surface area (Å²) in [4.78, 5) is 6.55. The molecule has 2 saturated heterocycles. The van der Waals surface area contributed by atoms with Crippen LogP contribution in [0, 0.1) is 0 Å². The van der Waals surface area contributed by atoms with Gasteiger partial charge in [0.15, 0.2) is 0 Å². The first kappa shape index (κ1) is 16.9. The minimum Gasteiger partial charge on any atom is -0.488 e. The molecule has 0 unspecified atom stereocenters. The van der Waals surface area contributed by atoms with Crippen LogP contribution < -0.4 is 10.1 Å². The van der Waals surface area contributed by atoms with Crippen LogP contribution in [0.25, 0.3) is 16.9 Å². The second kappa shape index (κ2) is 7.07. The van der Waals surface area contributed by atoms with E-state index in [9.17, 15) is 0 Å². The van der Waals surface area contributed by atoms with Gasteiger partial charge < -0.3 is 10.1 Å². The lowest BCUT2D eigenvalue weighted by molar-refractivity contribution is -0.0229. The third-order valence-electron chi connectivity index (χ3n) is 5.18. The van der Waals surface area contributed by atoms with Gasteiger partial charge in [-0.1, -0.05) is 0 Å². The van der Waals surface area contributed by atoms with E-state index in [2.05, 4.69) is 31.1 Å². The second-order valence-corrected chi connectivity index (χ2v) is 7.86. The first-order chi connectivity index (χ1) is 13.3. The van der Waals surface area contributed by atoms with Crippen LogP contribution in [-0.2, 0) is 0 Å². The average Bonchev–Trinajstić information content (AvgIpc) is 3.01. The predicted molar refractivity (Wildman–Crippen MR) is 107 cm³/mol. The van der Waals surface area contributed by atoms with Gasteiger partial charge in [-0.05, 0) is 52.3 Å². The molecule has 1 aromatic carbocycles. The first-order valence-electron chi connectivity index (χ1n) is 9.14. The maximum Gasteiger partial charge on any atom is 0.124 e. The molecule has 3 aromatic rings. The van der Waals surface area contributed by atoms with Crippen LogP contribution in [0.3, 0.4) is 0 Å². The van der Waals surface area contributed by atoms with E-state index in [0.29, 0.717) is 12.1 Å². The molecule has 7 heteroatoms. The molecule has 0 bridgehead atoms. The number of aromatic nitrogens is 3. The van der Waals surface area contributed by atoms with Crippen molar-refractivity contribution in [2.24, 2.45) is 0 Å². The van der Waals surface area contributed by atoms with Crippen molar-refractivity contribution in [1.82, 2.24) is 25.0 Å². The number of likely N-dealkylation sites (tertiary alicyclic amines) is 1. The van der Waals surface area contributed by atoms with Crippen molar-refractivity contribution < 1.29 is 4.74 Å². The highest BCUT2D eigenvalue weighted by Gasteiger charge is 2.36. The van der Waals surface area contributed by atoms with E-state index in [1.165, 1.54) is 0 Å². The summed E-state index contributed by atoms with van der Waals surface area (Å²) < 4.78 is 8.91. The monoisotopic (exact) mass is 425 g/mol. The van der Waals surface area contributed by atoms with Gasteiger partial charge in [-0.25, -0.2) is 4.68 Å². The summed E-state index contributed by atoms with van der Waals surface area (Å²) in [7, 11) is 0. The Balaban J connectivity index is 1.25. The lowest BCUT2D eigenvalue weighted by atomic mass is 10.0. The quantitative estimate of drug-likeness (QED) is 0.680. The van der Waals surface area contributed by atoms with Gasteiger partial charge in [0.05, 0.1) is 10.2 Å². The molecule has 2 aromatic heterocycles. The molecule has 2 aliphatic rings. The molecule has 0 saturated carbocycles. The number of hydrogen-bond acceptors (Lipinski definition) is 5. The maximum atomic E-state index is 6.08. The summed E-state index contributed by atoms with van der Waals surface area (Å²) in [6.07, 6.45) is 5.82. The largest absolute Gasteiger partial charge is 0.488 e. The Morgan fingerprint density at radius 2 is 1.78 bits per heavy atom. The van der Waals surface area contributed by atoms with E-state index in [0.717, 1.165) is 53.3 Å². The van der Waals surface area contributed by atoms with Crippen molar-refractivity contribution in [3.8, 4) is 22.7 Å². The molecule has 0 aliphatic carbocycles. The Hall–Kier alpha value is -2.22. The standard InChI is InChI=1S/C20H20BrN5O/c21-19-13-26(24-20(19)14-5-7-22-8-6-14)15-1-3-17(4-2-15)27-18-11-25(12-18)16-9-23-10-16/h1-8,13,16,18,23H,9-12H2. The summed E-state index contributed by atoms with van der Waals surface area (Å²) >= 11 is 3.61. The Kier molecular flexibility index (Phi) is 4.43. The third kappa shape index (κ3) is 3.38. The van der Waals surface area contributed by atoms with Crippen molar-refractivity contribution in [2.45, 2.75) is 12.1 Å². The predicted octanol–water partition coefficient (Wildman–Crippen LogP) is 2.73. The number of ether oxygens (including phenoxy) is 1. The number of hydrogen-bond donors (Lipinski definition) is 1. The number of halogens is 1. The van der Waals surface area contributed by atoms with Gasteiger partial charge in [-0.3, -0.25) is 9.88 Å². The number of rotatable bonds is 5. The van der Waals surface area contributed by atoms with Gasteiger partial charge in [-0.2, -0.15) is 5.10 Å². The first-order valence-corrected chi connectivity index (χ1v) is 9.93. The third-order valence-corrected chi connectivity index (χ3v) is 5.76. The van der Waals surface area contributed by atoms with Crippen LogP contribution in [0.4, 0.5) is 0 Å². The number of pyridine rings is 1. The van der Waals surface area contributed by atoms with Crippen molar-refractivity contribution in [3.63, 3.8) is 0 Å². The Labute approximate surface area is 166 Å². The maximum absolute atomic E-state index is 6.08. The number of benzene rings is 1. The molecule has 4 heterocycles. The van der Waals surface area contributed by atoms with Crippen molar-refractivity contribution in [2.75, 3.05) is 26.2 Å². The number of nitrogens with one attached hydrogen (secondary N) is 1. The van der Waals surface area contributed by atoms with Gasteiger partial charge in [0.2, 0.25) is 0 Å². The summed E-state index contributed by atoms with van der Waals surface area (Å²) in [5.41, 5.74) is 2.93. The molecule has 0 amide bonds. The highest BCUT2D eigenvalue weighted by Crippen LogP contribution is 2.28. The topological polar surface area (TPSA) is 55.2 Å². The lowest BCUT2D eigenvalue weighted by Crippen LogP contribution is -2.66. The summed E-state index contributed by atoms with van der Waals surface area (Å²) in [5.74, 6) is 0.913. The van der Waals surface area contributed by atoms with Gasteiger partial charge in [0, 0.05) is 56.4 Å². The normalized spacial score (nSPS) is 18.1. The van der Waals surface area contributed by atoms with Crippen molar-refractivity contribution >= 4 is 15.9 Å². The fourth-order valence-corrected chi connectivity index (χ4v) is 3.94. The van der Waals surface area contributed by atoms with Gasteiger partial charge in [0.1, 0.15) is 17.5 Å². The molecule has 1 N–H and O–H groups in total. The summed E-state index contributed by atoms with van der Waals surface area (Å²) in [6.45, 7) is 4.27. The van der Waals surface area contributed by atoms with Crippen LogP contribution in [0.1, 0.15) is 0 Å². The summed E-state index contributed by atoms with van der Waals surface area (Å²) in [5, 5.41) is 8.02. The van der Waals surface area contributed by atoms with Crippen LogP contribution in [-0.4, -0.2) is 58.0 Å². The molecule has 6 nitrogen and oxygen atoms in total. The fourth-order valence-electron chi connectivity index (χ4n) is 3.43. The smallest absolute Gasteiger partial charge is 0.124 e. The van der Waals surface area contributed by atoms with Crippen LogP contribution >= 0.6 is 15.9 Å². The van der Waals surface area contributed by atoms with Crippen LogP contribution in [0.5, 0.6) is 5.75 Å². The fraction of sp³-hybridized carbons (Fsp3) is 0.300. The van der Waals surface area contributed by atoms with E-state index in [1.54, 1.807) is 12.4 Å². The Morgan fingerprint density at radius 3 is 2.44 bits per heavy atom.